The summed E-state index contributed by atoms with van der Waals surface area (Å²) in [4.78, 5) is 10.7. The topological polar surface area (TPSA) is 37.3 Å². The average Bonchev–Trinajstić information content (AvgIpc) is 2.35. The Hall–Kier alpha value is 0.150. The SMILES string of the molecule is CC.CCCc1ccccc1C(=O)O.II. The number of carbonyl (C=O) groups is 1. The molecule has 0 aliphatic heterocycles. The summed E-state index contributed by atoms with van der Waals surface area (Å²) in [7, 11) is 0. The maximum absolute atomic E-state index is 10.7. The Labute approximate surface area is 121 Å². The number of aromatic carboxylic acids is 1. The summed E-state index contributed by atoms with van der Waals surface area (Å²) in [6.45, 7) is 6.04. The molecule has 0 aliphatic rings. The van der Waals surface area contributed by atoms with Gasteiger partial charge in [0.25, 0.3) is 0 Å². The van der Waals surface area contributed by atoms with Gasteiger partial charge in [-0.15, -0.1) is 0 Å². The second-order valence-electron chi connectivity index (χ2n) is 2.71. The smallest absolute Gasteiger partial charge is 0.335 e. The summed E-state index contributed by atoms with van der Waals surface area (Å²) >= 11 is 4.24. The van der Waals surface area contributed by atoms with Crippen LogP contribution in [-0.4, -0.2) is 11.1 Å². The number of carboxylic acid groups (broad SMARTS) is 1. The molecule has 1 rings (SSSR count). The van der Waals surface area contributed by atoms with Crippen molar-refractivity contribution >= 4 is 43.2 Å². The average molecular weight is 448 g/mol. The second-order valence-corrected chi connectivity index (χ2v) is 2.71. The van der Waals surface area contributed by atoms with Gasteiger partial charge in [-0.05, 0) is 18.1 Å². The highest BCUT2D eigenvalue weighted by Gasteiger charge is 2.06. The lowest BCUT2D eigenvalue weighted by Gasteiger charge is -2.02. The van der Waals surface area contributed by atoms with E-state index in [4.69, 9.17) is 5.11 Å². The molecular formula is C12H18I2O2. The molecule has 1 N–H and O–H groups in total. The van der Waals surface area contributed by atoms with Crippen molar-refractivity contribution in [3.63, 3.8) is 0 Å². The Morgan fingerprint density at radius 3 is 2.19 bits per heavy atom. The monoisotopic (exact) mass is 448 g/mol. The molecule has 0 amide bonds. The minimum atomic E-state index is -0.834. The number of aryl methyl sites for hydroxylation is 1. The number of hydrogen-bond donors (Lipinski definition) is 1. The van der Waals surface area contributed by atoms with Crippen LogP contribution in [0.4, 0.5) is 0 Å². The fourth-order valence-electron chi connectivity index (χ4n) is 1.22. The van der Waals surface area contributed by atoms with E-state index < -0.39 is 5.97 Å². The number of hydrogen-bond acceptors (Lipinski definition) is 1. The maximum Gasteiger partial charge on any atom is 0.335 e. The number of rotatable bonds is 3. The summed E-state index contributed by atoms with van der Waals surface area (Å²) in [5.74, 6) is -0.834. The molecule has 0 saturated heterocycles. The van der Waals surface area contributed by atoms with Gasteiger partial charge in [0.15, 0.2) is 0 Å². The van der Waals surface area contributed by atoms with Gasteiger partial charge in [0.1, 0.15) is 0 Å². The van der Waals surface area contributed by atoms with Crippen LogP contribution in [0.5, 0.6) is 0 Å². The second kappa shape index (κ2) is 13.2. The van der Waals surface area contributed by atoms with Crippen molar-refractivity contribution in [3.05, 3.63) is 35.4 Å². The van der Waals surface area contributed by atoms with Gasteiger partial charge in [0.05, 0.1) is 5.56 Å². The molecule has 4 heteroatoms. The molecule has 16 heavy (non-hydrogen) atoms. The quantitative estimate of drug-likeness (QED) is 0.651. The van der Waals surface area contributed by atoms with Crippen LogP contribution in [0.1, 0.15) is 43.1 Å². The molecule has 0 radical (unpaired) electrons. The minimum Gasteiger partial charge on any atom is -0.478 e. The van der Waals surface area contributed by atoms with Gasteiger partial charge >= 0.3 is 5.97 Å². The molecule has 0 aromatic heterocycles. The molecule has 92 valence electrons. The lowest BCUT2D eigenvalue weighted by atomic mass is 10.0. The molecule has 2 nitrogen and oxygen atoms in total. The van der Waals surface area contributed by atoms with Gasteiger partial charge in [-0.25, -0.2) is 4.79 Å². The molecule has 0 aliphatic carbocycles. The van der Waals surface area contributed by atoms with E-state index in [1.54, 1.807) is 12.1 Å². The van der Waals surface area contributed by atoms with Crippen molar-refractivity contribution in [1.29, 1.82) is 0 Å². The first-order valence-corrected chi connectivity index (χ1v) is 11.5. The van der Waals surface area contributed by atoms with Gasteiger partial charge in [-0.2, -0.15) is 0 Å². The van der Waals surface area contributed by atoms with Gasteiger partial charge in [-0.1, -0.05) is 45.4 Å². The van der Waals surface area contributed by atoms with Crippen molar-refractivity contribution < 1.29 is 9.90 Å². The van der Waals surface area contributed by atoms with Crippen LogP contribution in [0.25, 0.3) is 0 Å². The van der Waals surface area contributed by atoms with Crippen molar-refractivity contribution in [2.75, 3.05) is 0 Å². The van der Waals surface area contributed by atoms with Crippen molar-refractivity contribution in [3.8, 4) is 0 Å². The Kier molecular flexibility index (Phi) is 15.3. The van der Waals surface area contributed by atoms with Crippen LogP contribution >= 0.6 is 37.2 Å². The molecular weight excluding hydrogens is 430 g/mol. The number of halogens is 2. The van der Waals surface area contributed by atoms with Crippen LogP contribution in [0, 0.1) is 0 Å². The molecule has 0 unspecified atom stereocenters. The molecule has 0 saturated carbocycles. The number of carboxylic acids is 1. The third-order valence-electron chi connectivity index (χ3n) is 1.77. The van der Waals surface area contributed by atoms with Crippen LogP contribution in [-0.2, 0) is 6.42 Å². The van der Waals surface area contributed by atoms with Gasteiger partial charge < -0.3 is 5.11 Å². The normalized spacial score (nSPS) is 8.06. The highest BCUT2D eigenvalue weighted by molar-refractivity contribution is 15.0. The van der Waals surface area contributed by atoms with Crippen LogP contribution in [0.15, 0.2) is 24.3 Å². The van der Waals surface area contributed by atoms with Gasteiger partial charge in [-0.3, -0.25) is 0 Å². The van der Waals surface area contributed by atoms with E-state index in [0.717, 1.165) is 18.4 Å². The highest BCUT2D eigenvalue weighted by Crippen LogP contribution is 2.10. The van der Waals surface area contributed by atoms with E-state index in [9.17, 15) is 4.79 Å². The molecule has 0 atom stereocenters. The summed E-state index contributed by atoms with van der Waals surface area (Å²) in [5, 5.41) is 8.79. The minimum absolute atomic E-state index is 0.430. The highest BCUT2D eigenvalue weighted by atomic mass is 128. The predicted octanol–water partition coefficient (Wildman–Crippen LogP) is 5.13. The number of benzene rings is 1. The van der Waals surface area contributed by atoms with E-state index in [-0.39, 0.29) is 0 Å². The lowest BCUT2D eigenvalue weighted by Crippen LogP contribution is -2.01. The summed E-state index contributed by atoms with van der Waals surface area (Å²) in [6, 6.07) is 7.14. The maximum atomic E-state index is 10.7. The first-order valence-electron chi connectivity index (χ1n) is 5.21. The fraction of sp³-hybridized carbons (Fsp3) is 0.417. The molecule has 0 fully saturated rings. The van der Waals surface area contributed by atoms with Gasteiger partial charge in [0, 0.05) is 37.2 Å². The zero-order valence-corrected chi connectivity index (χ0v) is 14.2. The fourth-order valence-corrected chi connectivity index (χ4v) is 1.22. The standard InChI is InChI=1S/C10H12O2.C2H6.I2/c1-2-5-8-6-3-4-7-9(8)10(11)12;2*1-2/h3-4,6-7H,2,5H2,1H3,(H,11,12);1-2H3;. The molecule has 0 bridgehead atoms. The van der Waals surface area contributed by atoms with Crippen LogP contribution in [0.3, 0.4) is 0 Å². The first kappa shape index (κ1) is 18.5. The van der Waals surface area contributed by atoms with E-state index in [2.05, 4.69) is 37.2 Å². The first-order chi connectivity index (χ1) is 7.75. The predicted molar refractivity (Wildman–Crippen MR) is 86.8 cm³/mol. The van der Waals surface area contributed by atoms with Crippen molar-refractivity contribution in [2.45, 2.75) is 33.6 Å². The summed E-state index contributed by atoms with van der Waals surface area (Å²) in [5.41, 5.74) is 1.35. The van der Waals surface area contributed by atoms with Gasteiger partial charge in [0.2, 0.25) is 0 Å². The third kappa shape index (κ3) is 7.43. The Bertz CT molecular complexity index is 288. The zero-order chi connectivity index (χ0) is 13.0. The zero-order valence-electron chi connectivity index (χ0n) is 9.84. The van der Waals surface area contributed by atoms with E-state index in [0.29, 0.717) is 5.56 Å². The Morgan fingerprint density at radius 2 is 1.75 bits per heavy atom. The third-order valence-corrected chi connectivity index (χ3v) is 1.77. The van der Waals surface area contributed by atoms with E-state index in [1.807, 2.05) is 32.9 Å². The van der Waals surface area contributed by atoms with Crippen LogP contribution in [0.2, 0.25) is 0 Å². The van der Waals surface area contributed by atoms with E-state index >= 15 is 0 Å². The Morgan fingerprint density at radius 1 is 1.25 bits per heavy atom. The lowest BCUT2D eigenvalue weighted by molar-refractivity contribution is 0.0695. The summed E-state index contributed by atoms with van der Waals surface area (Å²) < 4.78 is 0. The summed E-state index contributed by atoms with van der Waals surface area (Å²) in [6.07, 6.45) is 1.81. The molecule has 0 spiro atoms. The van der Waals surface area contributed by atoms with Crippen LogP contribution < -0.4 is 0 Å². The largest absolute Gasteiger partial charge is 0.478 e. The molecule has 0 heterocycles. The van der Waals surface area contributed by atoms with Crippen molar-refractivity contribution in [2.24, 2.45) is 0 Å². The molecule has 1 aromatic carbocycles. The molecule has 1 aromatic rings. The van der Waals surface area contributed by atoms with E-state index in [1.165, 1.54) is 0 Å². The van der Waals surface area contributed by atoms with Crippen molar-refractivity contribution in [1.82, 2.24) is 0 Å². The Balaban J connectivity index is 0.